The number of nitrogens with two attached hydrogens (primary N) is 1. The number of benzene rings is 2. The van der Waals surface area contributed by atoms with Crippen LogP contribution in [0.5, 0.6) is 5.75 Å². The van der Waals surface area contributed by atoms with Gasteiger partial charge in [-0.25, -0.2) is 0 Å². The third-order valence-electron chi connectivity index (χ3n) is 3.46. The smallest absolute Gasteiger partial charge is 0.122 e. The lowest BCUT2D eigenvalue weighted by Crippen LogP contribution is -2.26. The largest absolute Gasteiger partial charge is 0.508 e. The maximum absolute atomic E-state index is 10.1. The molecule has 1 unspecified atom stereocenters. The summed E-state index contributed by atoms with van der Waals surface area (Å²) in [5.41, 5.74) is 8.56. The number of phenols is 1. The fraction of sp³-hybridized carbons (Fsp3) is 0.294. The summed E-state index contributed by atoms with van der Waals surface area (Å²) in [5, 5.41) is 19.3. The first-order valence-electron chi connectivity index (χ1n) is 7.10. The van der Waals surface area contributed by atoms with Crippen LogP contribution in [0.25, 0.3) is 0 Å². The molecule has 2 rings (SSSR count). The lowest BCUT2D eigenvalue weighted by atomic mass is 10.1. The van der Waals surface area contributed by atoms with E-state index in [1.54, 1.807) is 6.07 Å². The minimum absolute atomic E-state index is 0.0582. The predicted octanol–water partition coefficient (Wildman–Crippen LogP) is 2.41. The van der Waals surface area contributed by atoms with E-state index in [0.29, 0.717) is 13.1 Å². The molecule has 2 aromatic rings. The molecule has 0 fully saturated rings. The quantitative estimate of drug-likeness (QED) is 0.762. The first-order valence-corrected chi connectivity index (χ1v) is 7.10. The predicted molar refractivity (Wildman–Crippen MR) is 85.3 cm³/mol. The van der Waals surface area contributed by atoms with Crippen LogP contribution in [-0.4, -0.2) is 23.4 Å². The van der Waals surface area contributed by atoms with Crippen LogP contribution in [0.3, 0.4) is 0 Å². The van der Waals surface area contributed by atoms with Crippen LogP contribution >= 0.6 is 0 Å². The van der Waals surface area contributed by atoms with Crippen molar-refractivity contribution in [2.75, 3.05) is 18.1 Å². The second-order valence-electron chi connectivity index (χ2n) is 5.16. The fourth-order valence-corrected chi connectivity index (χ4v) is 2.34. The summed E-state index contributed by atoms with van der Waals surface area (Å²) < 4.78 is 0. The third kappa shape index (κ3) is 3.97. The minimum Gasteiger partial charge on any atom is -0.508 e. The number of nitrogens with zero attached hydrogens (tertiary/aromatic N) is 1. The van der Waals surface area contributed by atoms with Crippen molar-refractivity contribution in [2.24, 2.45) is 5.73 Å². The zero-order valence-corrected chi connectivity index (χ0v) is 12.2. The summed E-state index contributed by atoms with van der Waals surface area (Å²) in [6.07, 6.45) is 0. The van der Waals surface area contributed by atoms with Gasteiger partial charge in [0, 0.05) is 36.4 Å². The van der Waals surface area contributed by atoms with Crippen LogP contribution in [0.15, 0.2) is 48.5 Å². The number of rotatable bonds is 6. The number of hydrogen-bond acceptors (Lipinski definition) is 4. The first kappa shape index (κ1) is 15.4. The minimum atomic E-state index is -0.209. The van der Waals surface area contributed by atoms with E-state index in [4.69, 9.17) is 5.73 Å². The summed E-state index contributed by atoms with van der Waals surface area (Å²) in [7, 11) is 0. The number of hydrogen-bond donors (Lipinski definition) is 3. The van der Waals surface area contributed by atoms with Gasteiger partial charge in [-0.1, -0.05) is 36.4 Å². The first-order chi connectivity index (χ1) is 10.1. The van der Waals surface area contributed by atoms with E-state index in [9.17, 15) is 10.2 Å². The van der Waals surface area contributed by atoms with Gasteiger partial charge in [-0.15, -0.1) is 0 Å². The Morgan fingerprint density at radius 1 is 1.14 bits per heavy atom. The fourth-order valence-electron chi connectivity index (χ4n) is 2.34. The van der Waals surface area contributed by atoms with Gasteiger partial charge in [-0.2, -0.15) is 0 Å². The van der Waals surface area contributed by atoms with Crippen LogP contribution in [-0.2, 0) is 6.54 Å². The zero-order valence-electron chi connectivity index (χ0n) is 12.2. The Balaban J connectivity index is 2.24. The van der Waals surface area contributed by atoms with Crippen molar-refractivity contribution in [1.29, 1.82) is 0 Å². The molecule has 0 spiro atoms. The molecule has 0 saturated heterocycles. The highest BCUT2D eigenvalue weighted by Crippen LogP contribution is 2.28. The molecule has 0 aliphatic rings. The molecule has 0 aliphatic heterocycles. The van der Waals surface area contributed by atoms with Crippen LogP contribution in [0.4, 0.5) is 5.69 Å². The van der Waals surface area contributed by atoms with Crippen molar-refractivity contribution in [3.63, 3.8) is 0 Å². The average molecular weight is 286 g/mol. The van der Waals surface area contributed by atoms with Gasteiger partial charge in [-0.05, 0) is 18.6 Å². The Morgan fingerprint density at radius 2 is 1.86 bits per heavy atom. The zero-order chi connectivity index (χ0) is 15.2. The van der Waals surface area contributed by atoms with Crippen LogP contribution in [0.2, 0.25) is 0 Å². The Labute approximate surface area is 125 Å². The standard InChI is InChI=1S/C17H22N2O2/c1-13(18)16-8-7-15(11-17(16)21)19(9-10-20)12-14-5-3-2-4-6-14/h2-8,11,13,20-21H,9-10,12,18H2,1H3. The summed E-state index contributed by atoms with van der Waals surface area (Å²) in [6, 6.07) is 15.3. The Kier molecular flexibility index (Phi) is 5.20. The van der Waals surface area contributed by atoms with Crippen molar-refractivity contribution in [3.8, 4) is 5.75 Å². The van der Waals surface area contributed by atoms with Gasteiger partial charge >= 0.3 is 0 Å². The van der Waals surface area contributed by atoms with E-state index in [1.807, 2.05) is 54.3 Å². The lowest BCUT2D eigenvalue weighted by Gasteiger charge is -2.25. The van der Waals surface area contributed by atoms with Crippen molar-refractivity contribution in [2.45, 2.75) is 19.5 Å². The molecular formula is C17H22N2O2. The molecule has 2 aromatic carbocycles. The summed E-state index contributed by atoms with van der Waals surface area (Å²) in [6.45, 7) is 3.08. The molecule has 0 aromatic heterocycles. The van der Waals surface area contributed by atoms with Crippen molar-refractivity contribution in [3.05, 3.63) is 59.7 Å². The van der Waals surface area contributed by atoms with Crippen molar-refractivity contribution in [1.82, 2.24) is 0 Å². The highest BCUT2D eigenvalue weighted by Gasteiger charge is 2.11. The summed E-state index contributed by atoms with van der Waals surface area (Å²) in [4.78, 5) is 2.03. The number of anilines is 1. The number of aliphatic hydroxyl groups excluding tert-OH is 1. The molecule has 1 atom stereocenters. The van der Waals surface area contributed by atoms with E-state index >= 15 is 0 Å². The molecule has 0 aliphatic carbocycles. The molecule has 4 heteroatoms. The Hall–Kier alpha value is -2.04. The Morgan fingerprint density at radius 3 is 2.43 bits per heavy atom. The second kappa shape index (κ2) is 7.11. The van der Waals surface area contributed by atoms with Crippen LogP contribution in [0.1, 0.15) is 24.1 Å². The van der Waals surface area contributed by atoms with E-state index in [0.717, 1.165) is 16.8 Å². The molecule has 0 heterocycles. The van der Waals surface area contributed by atoms with Gasteiger partial charge < -0.3 is 20.8 Å². The van der Waals surface area contributed by atoms with Gasteiger partial charge in [-0.3, -0.25) is 0 Å². The van der Waals surface area contributed by atoms with Crippen molar-refractivity contribution >= 4 is 5.69 Å². The number of aliphatic hydroxyl groups is 1. The summed E-state index contributed by atoms with van der Waals surface area (Å²) in [5.74, 6) is 0.193. The highest BCUT2D eigenvalue weighted by atomic mass is 16.3. The number of phenolic OH excluding ortho intramolecular Hbond substituents is 1. The second-order valence-corrected chi connectivity index (χ2v) is 5.16. The molecule has 0 radical (unpaired) electrons. The molecular weight excluding hydrogens is 264 g/mol. The Bertz CT molecular complexity index is 570. The maximum atomic E-state index is 10.1. The molecule has 112 valence electrons. The van der Waals surface area contributed by atoms with Crippen LogP contribution in [0, 0.1) is 0 Å². The topological polar surface area (TPSA) is 69.7 Å². The van der Waals surface area contributed by atoms with E-state index in [-0.39, 0.29) is 18.4 Å². The lowest BCUT2D eigenvalue weighted by molar-refractivity contribution is 0.301. The van der Waals surface area contributed by atoms with Gasteiger partial charge in [0.15, 0.2) is 0 Å². The SMILES string of the molecule is CC(N)c1ccc(N(CCO)Cc2ccccc2)cc1O. The van der Waals surface area contributed by atoms with E-state index < -0.39 is 0 Å². The molecule has 21 heavy (non-hydrogen) atoms. The average Bonchev–Trinajstić information content (AvgIpc) is 2.47. The molecule has 0 amide bonds. The molecule has 4 nitrogen and oxygen atoms in total. The number of aromatic hydroxyl groups is 1. The molecule has 0 saturated carbocycles. The van der Waals surface area contributed by atoms with Gasteiger partial charge in [0.25, 0.3) is 0 Å². The third-order valence-corrected chi connectivity index (χ3v) is 3.46. The van der Waals surface area contributed by atoms with Crippen LogP contribution < -0.4 is 10.6 Å². The van der Waals surface area contributed by atoms with Gasteiger partial charge in [0.05, 0.1) is 6.61 Å². The highest BCUT2D eigenvalue weighted by molar-refractivity contribution is 5.54. The van der Waals surface area contributed by atoms with Gasteiger partial charge in [0.2, 0.25) is 0 Å². The maximum Gasteiger partial charge on any atom is 0.122 e. The normalized spacial score (nSPS) is 12.1. The van der Waals surface area contributed by atoms with Crippen molar-refractivity contribution < 1.29 is 10.2 Å². The van der Waals surface area contributed by atoms with E-state index in [2.05, 4.69) is 0 Å². The van der Waals surface area contributed by atoms with E-state index in [1.165, 1.54) is 0 Å². The van der Waals surface area contributed by atoms with Gasteiger partial charge in [0.1, 0.15) is 5.75 Å². The molecule has 4 N–H and O–H groups in total. The summed E-state index contributed by atoms with van der Waals surface area (Å²) >= 11 is 0. The molecule has 0 bridgehead atoms. The monoisotopic (exact) mass is 286 g/mol.